The van der Waals surface area contributed by atoms with E-state index in [4.69, 9.17) is 14.2 Å². The fraction of sp³-hybridized carbons (Fsp3) is 0.917. The number of carbonyl (C=O) groups is 1. The Balaban J connectivity index is 1.79. The summed E-state index contributed by atoms with van der Waals surface area (Å²) in [6, 6.07) is 0. The molecule has 0 aromatic rings. The Hall–Kier alpha value is -0.490. The van der Waals surface area contributed by atoms with Gasteiger partial charge in [-0.2, -0.15) is 0 Å². The third-order valence-corrected chi connectivity index (χ3v) is 4.80. The maximum atomic E-state index is 12.2. The highest BCUT2D eigenvalue weighted by atomic mass is 16.7. The Bertz CT molecular complexity index is 383. The summed E-state index contributed by atoms with van der Waals surface area (Å²) in [4.78, 5) is 12.2. The number of aliphatic hydroxyl groups is 1. The zero-order valence-electron chi connectivity index (χ0n) is 9.67. The van der Waals surface area contributed by atoms with Crippen LogP contribution in [0.4, 0.5) is 0 Å². The first-order chi connectivity index (χ1) is 8.16. The Morgan fingerprint density at radius 3 is 3.12 bits per heavy atom. The first kappa shape index (κ1) is 10.4. The van der Waals surface area contributed by atoms with Gasteiger partial charge in [-0.25, -0.2) is 0 Å². The molecule has 2 saturated carbocycles. The second kappa shape index (κ2) is 3.09. The molecule has 94 valence electrons. The summed E-state index contributed by atoms with van der Waals surface area (Å²) < 4.78 is 16.9. The lowest BCUT2D eigenvalue weighted by molar-refractivity contribution is -0.398. The van der Waals surface area contributed by atoms with Gasteiger partial charge in [-0.05, 0) is 19.8 Å². The lowest BCUT2D eigenvalue weighted by atomic mass is 9.53. The predicted octanol–water partition coefficient (Wildman–Crippen LogP) is -0.145. The molecule has 5 heterocycles. The molecular formula is C12H16O5. The Labute approximate surface area is 99.0 Å². The fourth-order valence-electron chi connectivity index (χ4n) is 4.16. The quantitative estimate of drug-likeness (QED) is 0.727. The van der Waals surface area contributed by atoms with Crippen LogP contribution in [0.15, 0.2) is 0 Å². The van der Waals surface area contributed by atoms with E-state index in [1.165, 1.54) is 0 Å². The van der Waals surface area contributed by atoms with Crippen molar-refractivity contribution < 1.29 is 24.1 Å². The van der Waals surface area contributed by atoms with Crippen LogP contribution in [0, 0.1) is 11.8 Å². The fourth-order valence-corrected chi connectivity index (χ4v) is 4.16. The van der Waals surface area contributed by atoms with Gasteiger partial charge in [0.25, 0.3) is 0 Å². The van der Waals surface area contributed by atoms with Crippen molar-refractivity contribution in [1.29, 1.82) is 0 Å². The molecule has 5 nitrogen and oxygen atoms in total. The summed E-state index contributed by atoms with van der Waals surface area (Å²) >= 11 is 0. The van der Waals surface area contributed by atoms with Gasteiger partial charge in [0.1, 0.15) is 17.8 Å². The number of ketones is 1. The van der Waals surface area contributed by atoms with Crippen molar-refractivity contribution in [2.75, 3.05) is 6.61 Å². The van der Waals surface area contributed by atoms with E-state index < -0.39 is 24.1 Å². The smallest absolute Gasteiger partial charge is 0.170 e. The maximum absolute atomic E-state index is 12.2. The molecule has 0 amide bonds. The van der Waals surface area contributed by atoms with Gasteiger partial charge in [-0.1, -0.05) is 0 Å². The van der Waals surface area contributed by atoms with Crippen molar-refractivity contribution in [3.05, 3.63) is 0 Å². The number of hydrogen-bond acceptors (Lipinski definition) is 5. The first-order valence-corrected chi connectivity index (χ1v) is 6.35. The minimum atomic E-state index is -0.921. The first-order valence-electron chi connectivity index (χ1n) is 6.35. The van der Waals surface area contributed by atoms with E-state index in [0.717, 1.165) is 6.42 Å². The van der Waals surface area contributed by atoms with E-state index in [0.29, 0.717) is 13.0 Å². The average Bonchev–Trinajstić information content (AvgIpc) is 2.30. The van der Waals surface area contributed by atoms with Gasteiger partial charge in [-0.3, -0.25) is 4.79 Å². The Morgan fingerprint density at radius 2 is 2.35 bits per heavy atom. The molecule has 6 bridgehead atoms. The molecule has 5 aliphatic heterocycles. The van der Waals surface area contributed by atoms with Crippen LogP contribution in [-0.4, -0.2) is 47.7 Å². The van der Waals surface area contributed by atoms with Gasteiger partial charge < -0.3 is 19.3 Å². The summed E-state index contributed by atoms with van der Waals surface area (Å²) in [5, 5.41) is 10.8. The van der Waals surface area contributed by atoms with E-state index in [1.807, 2.05) is 6.92 Å². The molecule has 7 aliphatic rings. The second-order valence-corrected chi connectivity index (χ2v) is 5.46. The van der Waals surface area contributed by atoms with Gasteiger partial charge in [0, 0.05) is 6.61 Å². The van der Waals surface area contributed by atoms with Crippen molar-refractivity contribution in [2.24, 2.45) is 11.8 Å². The van der Waals surface area contributed by atoms with Crippen molar-refractivity contribution in [3.63, 3.8) is 0 Å². The van der Waals surface area contributed by atoms with Crippen molar-refractivity contribution in [2.45, 2.75) is 50.0 Å². The third kappa shape index (κ3) is 1.03. The van der Waals surface area contributed by atoms with Crippen molar-refractivity contribution in [3.8, 4) is 0 Å². The predicted molar refractivity (Wildman–Crippen MR) is 55.1 cm³/mol. The lowest BCUT2D eigenvalue weighted by Crippen LogP contribution is -2.82. The van der Waals surface area contributed by atoms with E-state index >= 15 is 0 Å². The van der Waals surface area contributed by atoms with Gasteiger partial charge in [0.2, 0.25) is 0 Å². The highest BCUT2D eigenvalue weighted by molar-refractivity contribution is 5.90. The van der Waals surface area contributed by atoms with E-state index in [-0.39, 0.29) is 23.7 Å². The molecule has 2 aliphatic carbocycles. The number of hydrogen-bond donors (Lipinski definition) is 1. The second-order valence-electron chi connectivity index (χ2n) is 5.46. The normalized spacial score (nSPS) is 59.1. The van der Waals surface area contributed by atoms with Gasteiger partial charge in [0.05, 0.1) is 17.9 Å². The summed E-state index contributed by atoms with van der Waals surface area (Å²) in [6.45, 7) is 2.42. The maximum Gasteiger partial charge on any atom is 0.170 e. The van der Waals surface area contributed by atoms with Crippen LogP contribution in [0.3, 0.4) is 0 Å². The number of Topliss-reactive ketones (excluding diaryl/α,β-unsaturated/α-hetero) is 1. The van der Waals surface area contributed by atoms with Crippen LogP contribution in [0.1, 0.15) is 19.8 Å². The van der Waals surface area contributed by atoms with E-state index in [2.05, 4.69) is 0 Å². The summed E-state index contributed by atoms with van der Waals surface area (Å²) in [5.74, 6) is -0.358. The summed E-state index contributed by atoms with van der Waals surface area (Å²) in [7, 11) is 0. The number of fused-ring (bicyclic) bond motifs is 2. The summed E-state index contributed by atoms with van der Waals surface area (Å²) in [5.41, 5.74) is -0.921. The van der Waals surface area contributed by atoms with Crippen LogP contribution in [0.25, 0.3) is 0 Å². The van der Waals surface area contributed by atoms with Crippen LogP contribution in [-0.2, 0) is 19.0 Å². The SMILES string of the molecule is CCO[C@@H]1O[C@@H]2C(=O)[C@@H]3[C@H]1[C@@]1(O)CC[C@@H]3O[C@@H]21. The number of ether oxygens (including phenoxy) is 3. The van der Waals surface area contributed by atoms with Crippen molar-refractivity contribution >= 4 is 5.78 Å². The van der Waals surface area contributed by atoms with Gasteiger partial charge in [-0.15, -0.1) is 0 Å². The molecule has 0 aromatic heterocycles. The molecule has 7 fully saturated rings. The van der Waals surface area contributed by atoms with Crippen molar-refractivity contribution in [1.82, 2.24) is 0 Å². The van der Waals surface area contributed by atoms with Crippen LogP contribution < -0.4 is 0 Å². The molecular weight excluding hydrogens is 224 g/mol. The zero-order valence-corrected chi connectivity index (χ0v) is 9.67. The van der Waals surface area contributed by atoms with E-state index in [1.54, 1.807) is 0 Å². The van der Waals surface area contributed by atoms with Crippen LogP contribution in [0.2, 0.25) is 0 Å². The minimum Gasteiger partial charge on any atom is -0.387 e. The average molecular weight is 240 g/mol. The molecule has 0 unspecified atom stereocenters. The summed E-state index contributed by atoms with van der Waals surface area (Å²) in [6.07, 6.45) is -0.107. The molecule has 1 N–H and O–H groups in total. The Kier molecular flexibility index (Phi) is 1.90. The molecule has 0 aromatic carbocycles. The van der Waals surface area contributed by atoms with E-state index in [9.17, 15) is 9.90 Å². The van der Waals surface area contributed by atoms with Gasteiger partial charge in [0.15, 0.2) is 12.1 Å². The zero-order chi connectivity index (χ0) is 11.8. The molecule has 7 rings (SSSR count). The Morgan fingerprint density at radius 1 is 1.53 bits per heavy atom. The van der Waals surface area contributed by atoms with Crippen LogP contribution >= 0.6 is 0 Å². The standard InChI is InChI=1S/C12H16O5/c1-2-15-11-7-6-5-3-4-12(7,14)10(16-5)9(17-11)8(6)13/h5-7,9-11,14H,2-4H2,1H3/t5-,6-,7+,9+,10-,11+,12-/m0/s1. The molecule has 5 saturated heterocycles. The largest absolute Gasteiger partial charge is 0.387 e. The van der Waals surface area contributed by atoms with Gasteiger partial charge >= 0.3 is 0 Å². The number of carbonyl (C=O) groups excluding carboxylic acids is 1. The molecule has 7 atom stereocenters. The topological polar surface area (TPSA) is 65.0 Å². The highest BCUT2D eigenvalue weighted by Crippen LogP contribution is 2.59. The molecule has 5 heteroatoms. The molecule has 0 spiro atoms. The highest BCUT2D eigenvalue weighted by Gasteiger charge is 2.74. The molecule has 0 radical (unpaired) electrons. The third-order valence-electron chi connectivity index (χ3n) is 4.80. The monoisotopic (exact) mass is 240 g/mol. The van der Waals surface area contributed by atoms with Crippen LogP contribution in [0.5, 0.6) is 0 Å². The number of rotatable bonds is 2. The molecule has 17 heavy (non-hydrogen) atoms. The lowest BCUT2D eigenvalue weighted by Gasteiger charge is -2.67. The minimum absolute atomic E-state index is 0.0327.